The maximum atomic E-state index is 11.9. The number of benzene rings is 1. The minimum absolute atomic E-state index is 0.0905. The fourth-order valence-corrected chi connectivity index (χ4v) is 2.80. The molecule has 5 nitrogen and oxygen atoms in total. The second kappa shape index (κ2) is 5.34. The molecule has 0 aliphatic heterocycles. The molecule has 1 amide bonds. The third kappa shape index (κ3) is 2.65. The molecule has 1 aromatic carbocycles. The van der Waals surface area contributed by atoms with Crippen LogP contribution in [0.4, 0.5) is 5.13 Å². The van der Waals surface area contributed by atoms with Crippen molar-refractivity contribution in [3.05, 3.63) is 42.7 Å². The molecule has 2 aromatic heterocycles. The molecule has 0 unspecified atom stereocenters. The van der Waals surface area contributed by atoms with Crippen molar-refractivity contribution in [2.24, 2.45) is 0 Å². The first-order chi connectivity index (χ1) is 9.74. The molecule has 3 aromatic rings. The number of carbonyl (C=O) groups excluding carboxylic acids is 1. The lowest BCUT2D eigenvalue weighted by Crippen LogP contribution is -2.17. The summed E-state index contributed by atoms with van der Waals surface area (Å²) in [5, 5.41) is 3.42. The first-order valence-electron chi connectivity index (χ1n) is 6.10. The summed E-state index contributed by atoms with van der Waals surface area (Å²) in [6.45, 7) is 0.284. The third-order valence-corrected chi connectivity index (χ3v) is 3.77. The highest BCUT2D eigenvalue weighted by molar-refractivity contribution is 7.22. The van der Waals surface area contributed by atoms with Gasteiger partial charge in [0.15, 0.2) is 5.13 Å². The molecule has 0 saturated carbocycles. The lowest BCUT2D eigenvalue weighted by molar-refractivity contribution is -0.116. The Bertz CT molecular complexity index is 734. The fraction of sp³-hybridized carbons (Fsp3) is 0.143. The minimum Gasteiger partial charge on any atom is -0.497 e. The van der Waals surface area contributed by atoms with Gasteiger partial charge in [-0.15, -0.1) is 0 Å². The average Bonchev–Trinajstić information content (AvgIpc) is 3.06. The molecule has 3 rings (SSSR count). The van der Waals surface area contributed by atoms with Crippen LogP contribution in [0, 0.1) is 0 Å². The first kappa shape index (κ1) is 12.7. The highest BCUT2D eigenvalue weighted by Gasteiger charge is 2.08. The fourth-order valence-electron chi connectivity index (χ4n) is 1.89. The predicted octanol–water partition coefficient (Wildman–Crippen LogP) is 2.75. The predicted molar refractivity (Wildman–Crippen MR) is 79.2 cm³/mol. The van der Waals surface area contributed by atoms with Gasteiger partial charge < -0.3 is 14.6 Å². The Morgan fingerprint density at radius 1 is 1.40 bits per heavy atom. The zero-order valence-corrected chi connectivity index (χ0v) is 11.7. The Labute approximate surface area is 119 Å². The van der Waals surface area contributed by atoms with Crippen molar-refractivity contribution in [1.82, 2.24) is 9.55 Å². The van der Waals surface area contributed by atoms with E-state index in [1.54, 1.807) is 7.11 Å². The lowest BCUT2D eigenvalue weighted by atomic mass is 10.3. The Morgan fingerprint density at radius 2 is 2.20 bits per heavy atom. The number of methoxy groups -OCH3 is 1. The van der Waals surface area contributed by atoms with Crippen molar-refractivity contribution < 1.29 is 9.53 Å². The lowest BCUT2D eigenvalue weighted by Gasteiger charge is -2.02. The van der Waals surface area contributed by atoms with Crippen LogP contribution in [0.1, 0.15) is 0 Å². The third-order valence-electron chi connectivity index (χ3n) is 2.83. The summed E-state index contributed by atoms with van der Waals surface area (Å²) in [6.07, 6.45) is 3.70. The molecule has 20 heavy (non-hydrogen) atoms. The van der Waals surface area contributed by atoms with Gasteiger partial charge in [-0.2, -0.15) is 0 Å². The molecule has 1 N–H and O–H groups in total. The zero-order chi connectivity index (χ0) is 13.9. The summed E-state index contributed by atoms with van der Waals surface area (Å²) in [4.78, 5) is 16.3. The summed E-state index contributed by atoms with van der Waals surface area (Å²) in [6, 6.07) is 9.42. The van der Waals surface area contributed by atoms with Crippen LogP contribution in [0.2, 0.25) is 0 Å². The molecule has 2 heterocycles. The van der Waals surface area contributed by atoms with Crippen LogP contribution in [0.5, 0.6) is 5.75 Å². The van der Waals surface area contributed by atoms with E-state index in [4.69, 9.17) is 4.74 Å². The van der Waals surface area contributed by atoms with Crippen molar-refractivity contribution >= 4 is 32.6 Å². The molecule has 6 heteroatoms. The van der Waals surface area contributed by atoms with E-state index < -0.39 is 0 Å². The van der Waals surface area contributed by atoms with Gasteiger partial charge in [0.05, 0.1) is 17.3 Å². The summed E-state index contributed by atoms with van der Waals surface area (Å²) in [7, 11) is 1.63. The Hall–Kier alpha value is -2.34. The maximum Gasteiger partial charge on any atom is 0.246 e. The summed E-state index contributed by atoms with van der Waals surface area (Å²) < 4.78 is 7.97. The van der Waals surface area contributed by atoms with E-state index in [-0.39, 0.29) is 12.5 Å². The molecule has 102 valence electrons. The molecular weight excluding hydrogens is 274 g/mol. The van der Waals surface area contributed by atoms with Gasteiger partial charge in [-0.05, 0) is 30.3 Å². The van der Waals surface area contributed by atoms with Gasteiger partial charge in [-0.3, -0.25) is 4.79 Å². The van der Waals surface area contributed by atoms with Gasteiger partial charge >= 0.3 is 0 Å². The standard InChI is InChI=1S/C14H13N3O2S/c1-19-10-4-5-11-12(8-10)20-14(15-11)16-13(18)9-17-6-2-3-7-17/h2-8H,9H2,1H3,(H,15,16,18). The maximum absolute atomic E-state index is 11.9. The number of nitrogens with one attached hydrogen (secondary N) is 1. The molecule has 0 fully saturated rings. The van der Waals surface area contributed by atoms with Crippen LogP contribution in [0.25, 0.3) is 10.2 Å². The topological polar surface area (TPSA) is 56.1 Å². The van der Waals surface area contributed by atoms with Crippen molar-refractivity contribution in [2.75, 3.05) is 12.4 Å². The molecule has 0 radical (unpaired) electrons. The smallest absolute Gasteiger partial charge is 0.246 e. The number of fused-ring (bicyclic) bond motifs is 1. The van der Waals surface area contributed by atoms with Crippen LogP contribution in [-0.4, -0.2) is 22.6 Å². The highest BCUT2D eigenvalue weighted by atomic mass is 32.1. The van der Waals surface area contributed by atoms with Crippen LogP contribution in [-0.2, 0) is 11.3 Å². The van der Waals surface area contributed by atoms with E-state index >= 15 is 0 Å². The number of aromatic nitrogens is 2. The van der Waals surface area contributed by atoms with Gasteiger partial charge in [0, 0.05) is 12.4 Å². The molecular formula is C14H13N3O2S. The SMILES string of the molecule is COc1ccc2nc(NC(=O)Cn3cccc3)sc2c1. The average molecular weight is 287 g/mol. The number of ether oxygens (including phenoxy) is 1. The van der Waals surface area contributed by atoms with Gasteiger partial charge in [0.2, 0.25) is 5.91 Å². The number of amides is 1. The summed E-state index contributed by atoms with van der Waals surface area (Å²) in [5.41, 5.74) is 0.854. The number of hydrogen-bond donors (Lipinski definition) is 1. The van der Waals surface area contributed by atoms with Gasteiger partial charge in [0.25, 0.3) is 0 Å². The number of nitrogens with zero attached hydrogens (tertiary/aromatic N) is 2. The van der Waals surface area contributed by atoms with E-state index in [2.05, 4.69) is 10.3 Å². The van der Waals surface area contributed by atoms with E-state index in [0.717, 1.165) is 16.0 Å². The molecule has 0 saturated heterocycles. The van der Waals surface area contributed by atoms with Crippen LogP contribution in [0.3, 0.4) is 0 Å². The summed E-state index contributed by atoms with van der Waals surface area (Å²) >= 11 is 1.44. The number of carbonyl (C=O) groups is 1. The van der Waals surface area contributed by atoms with Gasteiger partial charge in [-0.25, -0.2) is 4.98 Å². The monoisotopic (exact) mass is 287 g/mol. The number of thiazole rings is 1. The normalized spacial score (nSPS) is 10.7. The number of hydrogen-bond acceptors (Lipinski definition) is 4. The number of anilines is 1. The van der Waals surface area contributed by atoms with Crippen LogP contribution < -0.4 is 10.1 Å². The molecule has 0 atom stereocenters. The Kier molecular flexibility index (Phi) is 3.39. The Morgan fingerprint density at radius 3 is 2.95 bits per heavy atom. The molecule has 0 aliphatic carbocycles. The second-order valence-corrected chi connectivity index (χ2v) is 5.29. The van der Waals surface area contributed by atoms with E-state index in [9.17, 15) is 4.79 Å². The first-order valence-corrected chi connectivity index (χ1v) is 6.91. The van der Waals surface area contributed by atoms with Crippen LogP contribution >= 0.6 is 11.3 Å². The van der Waals surface area contributed by atoms with E-state index in [0.29, 0.717) is 5.13 Å². The summed E-state index contributed by atoms with van der Waals surface area (Å²) in [5.74, 6) is 0.693. The van der Waals surface area contributed by atoms with Gasteiger partial charge in [0.1, 0.15) is 12.3 Å². The van der Waals surface area contributed by atoms with Crippen LogP contribution in [0.15, 0.2) is 42.7 Å². The van der Waals surface area contributed by atoms with E-state index in [1.165, 1.54) is 11.3 Å². The van der Waals surface area contributed by atoms with Crippen molar-refractivity contribution in [2.45, 2.75) is 6.54 Å². The van der Waals surface area contributed by atoms with E-state index in [1.807, 2.05) is 47.3 Å². The van der Waals surface area contributed by atoms with Crippen molar-refractivity contribution in [1.29, 1.82) is 0 Å². The number of rotatable bonds is 4. The molecule has 0 bridgehead atoms. The largest absolute Gasteiger partial charge is 0.497 e. The second-order valence-electron chi connectivity index (χ2n) is 4.26. The Balaban J connectivity index is 1.75. The van der Waals surface area contributed by atoms with Crippen molar-refractivity contribution in [3.8, 4) is 5.75 Å². The van der Waals surface area contributed by atoms with Gasteiger partial charge in [-0.1, -0.05) is 11.3 Å². The molecule has 0 spiro atoms. The van der Waals surface area contributed by atoms with Crippen molar-refractivity contribution in [3.63, 3.8) is 0 Å². The molecule has 0 aliphatic rings. The minimum atomic E-state index is -0.0905. The highest BCUT2D eigenvalue weighted by Crippen LogP contribution is 2.29. The quantitative estimate of drug-likeness (QED) is 0.802. The zero-order valence-electron chi connectivity index (χ0n) is 10.9.